The summed E-state index contributed by atoms with van der Waals surface area (Å²) in [5.41, 5.74) is -2.01. The topological polar surface area (TPSA) is 118 Å². The van der Waals surface area contributed by atoms with Crippen LogP contribution < -0.4 is 10.6 Å². The van der Waals surface area contributed by atoms with Crippen LogP contribution in [0.4, 0.5) is 24.4 Å². The van der Waals surface area contributed by atoms with E-state index in [0.29, 0.717) is 12.1 Å². The number of nitrogens with one attached hydrogen (secondary N) is 2. The van der Waals surface area contributed by atoms with Crippen LogP contribution in [0.2, 0.25) is 0 Å². The van der Waals surface area contributed by atoms with Gasteiger partial charge in [-0.3, -0.25) is 10.1 Å². The van der Waals surface area contributed by atoms with Gasteiger partial charge in [0.25, 0.3) is 5.91 Å². The van der Waals surface area contributed by atoms with E-state index in [9.17, 15) is 23.2 Å². The predicted octanol–water partition coefficient (Wildman–Crippen LogP) is 3.72. The summed E-state index contributed by atoms with van der Waals surface area (Å²) in [7, 11) is 0. The Bertz CT molecular complexity index is 908. The van der Waals surface area contributed by atoms with Gasteiger partial charge < -0.3 is 15.2 Å². The average Bonchev–Trinajstić information content (AvgIpc) is 2.95. The van der Waals surface area contributed by atoms with Crippen molar-refractivity contribution in [3.63, 3.8) is 0 Å². The number of carboxylic acid groups (broad SMARTS) is 1. The molecule has 0 spiro atoms. The first-order valence-corrected chi connectivity index (χ1v) is 8.27. The van der Waals surface area contributed by atoms with Crippen molar-refractivity contribution in [3.05, 3.63) is 40.4 Å². The maximum absolute atomic E-state index is 13.8. The second kappa shape index (κ2) is 7.66. The Balaban J connectivity index is 2.12. The first-order valence-electron chi connectivity index (χ1n) is 7.46. The van der Waals surface area contributed by atoms with Crippen LogP contribution in [0, 0.1) is 11.6 Å². The van der Waals surface area contributed by atoms with Gasteiger partial charge in [-0.1, -0.05) is 11.3 Å². The summed E-state index contributed by atoms with van der Waals surface area (Å²) in [4.78, 5) is 38.6. The van der Waals surface area contributed by atoms with E-state index in [2.05, 4.69) is 15.6 Å². The van der Waals surface area contributed by atoms with Crippen LogP contribution in [0.3, 0.4) is 0 Å². The molecule has 2 rings (SSSR count). The molecule has 0 unspecified atom stereocenters. The molecule has 0 radical (unpaired) electrons. The van der Waals surface area contributed by atoms with E-state index in [0.717, 1.165) is 17.5 Å². The van der Waals surface area contributed by atoms with Gasteiger partial charge in [-0.25, -0.2) is 23.4 Å². The fourth-order valence-electron chi connectivity index (χ4n) is 1.82. The van der Waals surface area contributed by atoms with Crippen LogP contribution in [-0.2, 0) is 4.74 Å². The number of hydrogen-bond acceptors (Lipinski definition) is 6. The lowest BCUT2D eigenvalue weighted by molar-refractivity contribution is 0.0633. The maximum atomic E-state index is 13.8. The van der Waals surface area contributed by atoms with E-state index in [1.54, 1.807) is 20.8 Å². The molecule has 27 heavy (non-hydrogen) atoms. The number of aromatic carboxylic acids is 1. The van der Waals surface area contributed by atoms with Crippen molar-refractivity contribution in [2.75, 3.05) is 10.6 Å². The van der Waals surface area contributed by atoms with Gasteiger partial charge in [-0.15, -0.1) is 0 Å². The Morgan fingerprint density at radius 1 is 1.15 bits per heavy atom. The van der Waals surface area contributed by atoms with E-state index in [1.807, 2.05) is 0 Å². The number of ether oxygens (including phenoxy) is 1. The molecule has 144 valence electrons. The number of halogens is 2. The fourth-order valence-corrected chi connectivity index (χ4v) is 2.52. The molecule has 8 nitrogen and oxygen atoms in total. The molecule has 1 aromatic heterocycles. The van der Waals surface area contributed by atoms with Gasteiger partial charge >= 0.3 is 12.1 Å². The van der Waals surface area contributed by atoms with E-state index < -0.39 is 46.5 Å². The Labute approximate surface area is 156 Å². The lowest BCUT2D eigenvalue weighted by Crippen LogP contribution is -2.27. The summed E-state index contributed by atoms with van der Waals surface area (Å²) in [6, 6.07) is 1.03. The highest BCUT2D eigenvalue weighted by Gasteiger charge is 2.20. The van der Waals surface area contributed by atoms with Crippen molar-refractivity contribution < 1.29 is 33.0 Å². The molecule has 0 fully saturated rings. The number of nitrogens with zero attached hydrogens (tertiary/aromatic N) is 1. The van der Waals surface area contributed by atoms with Gasteiger partial charge in [-0.2, -0.15) is 0 Å². The molecule has 0 aliphatic heterocycles. The van der Waals surface area contributed by atoms with Gasteiger partial charge in [-0.05, 0) is 26.8 Å². The van der Waals surface area contributed by atoms with Crippen LogP contribution in [0.1, 0.15) is 40.8 Å². The molecule has 1 aromatic carbocycles. The molecule has 2 amide bonds. The minimum atomic E-state index is -1.61. The molecule has 0 saturated carbocycles. The summed E-state index contributed by atoms with van der Waals surface area (Å²) in [5.74, 6) is -4.82. The predicted molar refractivity (Wildman–Crippen MR) is 93.2 cm³/mol. The monoisotopic (exact) mass is 399 g/mol. The van der Waals surface area contributed by atoms with Crippen molar-refractivity contribution in [2.45, 2.75) is 26.4 Å². The summed E-state index contributed by atoms with van der Waals surface area (Å²) in [6.45, 7) is 5.03. The normalized spacial score (nSPS) is 11.0. The number of aromatic nitrogens is 1. The zero-order valence-electron chi connectivity index (χ0n) is 14.4. The Hall–Kier alpha value is -3.08. The summed E-state index contributed by atoms with van der Waals surface area (Å²) >= 11 is 0.786. The fraction of sp³-hybridized carbons (Fsp3) is 0.250. The number of benzene rings is 1. The van der Waals surface area contributed by atoms with Crippen molar-refractivity contribution in [2.24, 2.45) is 0 Å². The van der Waals surface area contributed by atoms with E-state index >= 15 is 0 Å². The van der Waals surface area contributed by atoms with Crippen molar-refractivity contribution in [3.8, 4) is 0 Å². The molecule has 3 N–H and O–H groups in total. The number of amides is 2. The number of hydrogen-bond donors (Lipinski definition) is 3. The Morgan fingerprint density at radius 2 is 1.81 bits per heavy atom. The third kappa shape index (κ3) is 5.45. The lowest BCUT2D eigenvalue weighted by atomic mass is 10.1. The highest BCUT2D eigenvalue weighted by molar-refractivity contribution is 7.17. The highest BCUT2D eigenvalue weighted by atomic mass is 32.1. The molecule has 0 atom stereocenters. The second-order valence-corrected chi connectivity index (χ2v) is 7.26. The Morgan fingerprint density at radius 3 is 2.41 bits per heavy atom. The molecule has 0 bridgehead atoms. The molecule has 2 aromatic rings. The molecule has 11 heteroatoms. The second-order valence-electron chi connectivity index (χ2n) is 6.23. The smallest absolute Gasteiger partial charge is 0.413 e. The number of carboxylic acids is 1. The van der Waals surface area contributed by atoms with Crippen LogP contribution >= 0.6 is 11.3 Å². The van der Waals surface area contributed by atoms with Gasteiger partial charge in [0.2, 0.25) is 0 Å². The molecule has 0 saturated heterocycles. The number of thiazole rings is 1. The maximum Gasteiger partial charge on any atom is 0.413 e. The SMILES string of the molecule is CC(C)(C)OC(=O)Nc1ncc(C(=O)Nc2cc(C(=O)O)c(F)cc2F)s1. The van der Waals surface area contributed by atoms with Gasteiger partial charge in [0.15, 0.2) is 5.13 Å². The highest BCUT2D eigenvalue weighted by Crippen LogP contribution is 2.23. The molecular weight excluding hydrogens is 384 g/mol. The van der Waals surface area contributed by atoms with Crippen LogP contribution in [-0.4, -0.2) is 33.7 Å². The van der Waals surface area contributed by atoms with E-state index in [-0.39, 0.29) is 10.0 Å². The summed E-state index contributed by atoms with van der Waals surface area (Å²) in [5, 5.41) is 13.4. The van der Waals surface area contributed by atoms with Crippen molar-refractivity contribution >= 4 is 40.1 Å². The van der Waals surface area contributed by atoms with Crippen molar-refractivity contribution in [1.82, 2.24) is 4.98 Å². The average molecular weight is 399 g/mol. The van der Waals surface area contributed by atoms with Crippen LogP contribution in [0.5, 0.6) is 0 Å². The minimum Gasteiger partial charge on any atom is -0.478 e. The van der Waals surface area contributed by atoms with Gasteiger partial charge in [0, 0.05) is 6.07 Å². The molecule has 1 heterocycles. The molecule has 0 aliphatic carbocycles. The molecular formula is C16H15F2N3O5S. The van der Waals surface area contributed by atoms with Crippen molar-refractivity contribution in [1.29, 1.82) is 0 Å². The first kappa shape index (κ1) is 20.2. The number of carbonyl (C=O) groups is 3. The van der Waals surface area contributed by atoms with Crippen LogP contribution in [0.25, 0.3) is 0 Å². The largest absolute Gasteiger partial charge is 0.478 e. The van der Waals surface area contributed by atoms with E-state index in [1.165, 1.54) is 0 Å². The van der Waals surface area contributed by atoms with Crippen LogP contribution in [0.15, 0.2) is 18.3 Å². The van der Waals surface area contributed by atoms with E-state index in [4.69, 9.17) is 9.84 Å². The molecule has 0 aliphatic rings. The first-order chi connectivity index (χ1) is 12.5. The zero-order valence-corrected chi connectivity index (χ0v) is 15.2. The number of anilines is 2. The number of carbonyl (C=O) groups excluding carboxylic acids is 2. The summed E-state index contributed by atoms with van der Waals surface area (Å²) < 4.78 is 32.2. The number of rotatable bonds is 4. The van der Waals surface area contributed by atoms with Gasteiger partial charge in [0.1, 0.15) is 22.1 Å². The minimum absolute atomic E-state index is 0.00154. The summed E-state index contributed by atoms with van der Waals surface area (Å²) in [6.07, 6.45) is 0.367. The lowest BCUT2D eigenvalue weighted by Gasteiger charge is -2.18. The Kier molecular flexibility index (Phi) is 5.74. The zero-order chi connectivity index (χ0) is 20.4. The standard InChI is InChI=1S/C16H15F2N3O5S/c1-16(2,3)26-15(25)21-14-19-6-11(27-14)12(22)20-10-4-7(13(23)24)8(17)5-9(10)18/h4-6H,1-3H3,(H,20,22)(H,23,24)(H,19,21,25). The van der Waals surface area contributed by atoms with Gasteiger partial charge in [0.05, 0.1) is 17.4 Å². The third-order valence-electron chi connectivity index (χ3n) is 2.87. The quantitative estimate of drug-likeness (QED) is 0.721. The third-order valence-corrected chi connectivity index (χ3v) is 3.78.